The molecule has 0 saturated heterocycles. The van der Waals surface area contributed by atoms with Gasteiger partial charge in [-0.25, -0.2) is 0 Å². The highest BCUT2D eigenvalue weighted by Gasteiger charge is 2.18. The van der Waals surface area contributed by atoms with Crippen molar-refractivity contribution in [2.75, 3.05) is 0 Å². The average Bonchev–Trinajstić information content (AvgIpc) is 3.52. The maximum atomic E-state index is 6.43. The molecule has 8 aromatic rings. The molecule has 0 bridgehead atoms. The fourth-order valence-electron chi connectivity index (χ4n) is 5.40. The molecule has 0 saturated carbocycles. The summed E-state index contributed by atoms with van der Waals surface area (Å²) in [5.74, 6) is 0. The third kappa shape index (κ3) is 2.36. The molecule has 0 spiro atoms. The molecule has 34 heavy (non-hydrogen) atoms. The van der Waals surface area contributed by atoms with Crippen molar-refractivity contribution in [3.63, 3.8) is 0 Å². The summed E-state index contributed by atoms with van der Waals surface area (Å²) in [5.41, 5.74) is 6.94. The Kier molecular flexibility index (Phi) is 3.53. The minimum absolute atomic E-state index is 0.835. The minimum atomic E-state index is 0.835. The lowest BCUT2D eigenvalue weighted by molar-refractivity contribution is 0.662. The molecule has 3 aromatic heterocycles. The van der Waals surface area contributed by atoms with Gasteiger partial charge in [-0.1, -0.05) is 52.3 Å². The van der Waals surface area contributed by atoms with Crippen LogP contribution in [0.3, 0.4) is 0 Å². The first-order chi connectivity index (χ1) is 16.8. The molecule has 3 nitrogen and oxygen atoms in total. The Morgan fingerprint density at radius 3 is 2.00 bits per heavy atom. The molecule has 0 N–H and O–H groups in total. The third-order valence-electron chi connectivity index (χ3n) is 6.85. The fraction of sp³-hybridized carbons (Fsp3) is 0. The van der Waals surface area contributed by atoms with Gasteiger partial charge in [0.15, 0.2) is 0 Å². The van der Waals surface area contributed by atoms with E-state index in [0.717, 1.165) is 54.0 Å². The van der Waals surface area contributed by atoms with Crippen LogP contribution in [-0.4, -0.2) is 4.57 Å². The van der Waals surface area contributed by atoms with Crippen LogP contribution in [0, 0.1) is 0 Å². The first kappa shape index (κ1) is 18.4. The minimum Gasteiger partial charge on any atom is -0.456 e. The molecule has 0 aliphatic carbocycles. The summed E-state index contributed by atoms with van der Waals surface area (Å²) in [5, 5.41) is 6.77. The number of nitrogens with zero attached hydrogens (tertiary/aromatic N) is 1. The smallest absolute Gasteiger partial charge is 0.147 e. The summed E-state index contributed by atoms with van der Waals surface area (Å²) in [4.78, 5) is 0. The Morgan fingerprint density at radius 2 is 1.21 bits per heavy atom. The molecule has 0 atom stereocenters. The first-order valence-electron chi connectivity index (χ1n) is 11.2. The Morgan fingerprint density at radius 1 is 0.529 bits per heavy atom. The van der Waals surface area contributed by atoms with Crippen LogP contribution in [0.5, 0.6) is 0 Å². The Bertz CT molecular complexity index is 2040. The number of hydrogen-bond donors (Lipinski definition) is 0. The number of para-hydroxylation sites is 2. The zero-order valence-electron chi connectivity index (χ0n) is 17.9. The predicted octanol–water partition coefficient (Wildman–Crippen LogP) is 9.34. The van der Waals surface area contributed by atoms with Crippen molar-refractivity contribution in [2.45, 2.75) is 0 Å². The highest BCUT2D eigenvalue weighted by Crippen LogP contribution is 2.41. The molecule has 5 aromatic carbocycles. The van der Waals surface area contributed by atoms with Crippen LogP contribution in [0.1, 0.15) is 0 Å². The van der Waals surface area contributed by atoms with Gasteiger partial charge < -0.3 is 13.4 Å². The van der Waals surface area contributed by atoms with Crippen LogP contribution < -0.4 is 0 Å². The zero-order valence-corrected chi connectivity index (χ0v) is 19.5. The van der Waals surface area contributed by atoms with Gasteiger partial charge in [0, 0.05) is 37.1 Å². The van der Waals surface area contributed by atoms with Gasteiger partial charge in [-0.2, -0.15) is 0 Å². The van der Waals surface area contributed by atoms with Gasteiger partial charge in [0.2, 0.25) is 0 Å². The molecule has 0 radical (unpaired) electrons. The van der Waals surface area contributed by atoms with E-state index in [1.165, 1.54) is 21.8 Å². The molecule has 3 heterocycles. The molecule has 0 aliphatic rings. The van der Waals surface area contributed by atoms with Crippen LogP contribution in [0.15, 0.2) is 110 Å². The van der Waals surface area contributed by atoms with E-state index < -0.39 is 0 Å². The summed E-state index contributed by atoms with van der Waals surface area (Å²) in [6.45, 7) is 0. The summed E-state index contributed by atoms with van der Waals surface area (Å²) in [6.07, 6.45) is 0. The summed E-state index contributed by atoms with van der Waals surface area (Å²) in [6, 6.07) is 33.9. The first-order valence-corrected chi connectivity index (χ1v) is 12.0. The highest BCUT2D eigenvalue weighted by atomic mass is 79.9. The fourth-order valence-corrected chi connectivity index (χ4v) is 5.76. The molecular formula is C30H16BrNO2. The van der Waals surface area contributed by atoms with Gasteiger partial charge in [0.25, 0.3) is 0 Å². The van der Waals surface area contributed by atoms with Crippen molar-refractivity contribution >= 4 is 81.6 Å². The van der Waals surface area contributed by atoms with Crippen LogP contribution in [0.2, 0.25) is 0 Å². The van der Waals surface area contributed by atoms with E-state index in [1.807, 2.05) is 18.2 Å². The van der Waals surface area contributed by atoms with Gasteiger partial charge in [-0.3, -0.25) is 0 Å². The van der Waals surface area contributed by atoms with Crippen LogP contribution in [0.4, 0.5) is 0 Å². The molecule has 0 fully saturated rings. The number of fused-ring (bicyclic) bond motifs is 10. The number of furan rings is 2. The molecule has 0 aliphatic heterocycles. The lowest BCUT2D eigenvalue weighted by atomic mass is 10.1. The number of halogens is 1. The van der Waals surface area contributed by atoms with Crippen molar-refractivity contribution in [2.24, 2.45) is 0 Å². The Hall–Kier alpha value is -4.02. The third-order valence-corrected chi connectivity index (χ3v) is 7.35. The quantitative estimate of drug-likeness (QED) is 0.224. The summed E-state index contributed by atoms with van der Waals surface area (Å²) in [7, 11) is 0. The largest absolute Gasteiger partial charge is 0.456 e. The van der Waals surface area contributed by atoms with Gasteiger partial charge in [-0.15, -0.1) is 0 Å². The number of benzene rings is 5. The standard InChI is InChI=1S/C30H16BrNO2/c31-17-9-12-27-23(15-17)29-28(33-27)14-11-21-22-16-18(10-13-26(22)34-30(21)29)32-24-7-3-1-5-19(24)20-6-2-4-8-25(20)32/h1-16H. The second-order valence-electron chi connectivity index (χ2n) is 8.71. The highest BCUT2D eigenvalue weighted by molar-refractivity contribution is 9.10. The van der Waals surface area contributed by atoms with Gasteiger partial charge in [0.05, 0.1) is 16.4 Å². The van der Waals surface area contributed by atoms with Crippen molar-refractivity contribution in [3.8, 4) is 5.69 Å². The van der Waals surface area contributed by atoms with E-state index in [1.54, 1.807) is 0 Å². The predicted molar refractivity (Wildman–Crippen MR) is 143 cm³/mol. The molecule has 8 rings (SSSR count). The van der Waals surface area contributed by atoms with E-state index in [0.29, 0.717) is 0 Å². The molecule has 0 amide bonds. The van der Waals surface area contributed by atoms with Gasteiger partial charge >= 0.3 is 0 Å². The maximum absolute atomic E-state index is 6.43. The van der Waals surface area contributed by atoms with E-state index in [4.69, 9.17) is 8.83 Å². The molecule has 160 valence electrons. The maximum Gasteiger partial charge on any atom is 0.147 e. The Balaban J connectivity index is 1.48. The second-order valence-corrected chi connectivity index (χ2v) is 9.63. The number of aromatic nitrogens is 1. The SMILES string of the molecule is Brc1ccc2oc3ccc4c5cc(-n6c7ccccc7c7ccccc76)ccc5oc4c3c2c1. The Labute approximate surface area is 201 Å². The normalized spacial score (nSPS) is 12.3. The van der Waals surface area contributed by atoms with Crippen molar-refractivity contribution < 1.29 is 8.83 Å². The summed E-state index contributed by atoms with van der Waals surface area (Å²) >= 11 is 3.60. The van der Waals surface area contributed by atoms with Gasteiger partial charge in [0.1, 0.15) is 22.3 Å². The van der Waals surface area contributed by atoms with Crippen molar-refractivity contribution in [1.29, 1.82) is 0 Å². The van der Waals surface area contributed by atoms with E-state index in [9.17, 15) is 0 Å². The van der Waals surface area contributed by atoms with E-state index in [2.05, 4.69) is 99.4 Å². The lowest BCUT2D eigenvalue weighted by Crippen LogP contribution is -1.93. The number of rotatable bonds is 1. The van der Waals surface area contributed by atoms with E-state index >= 15 is 0 Å². The molecule has 0 unspecified atom stereocenters. The van der Waals surface area contributed by atoms with Crippen LogP contribution in [0.25, 0.3) is 71.4 Å². The second kappa shape index (κ2) is 6.52. The zero-order chi connectivity index (χ0) is 22.4. The topological polar surface area (TPSA) is 31.2 Å². The van der Waals surface area contributed by atoms with Crippen molar-refractivity contribution in [1.82, 2.24) is 4.57 Å². The monoisotopic (exact) mass is 501 g/mol. The summed E-state index contributed by atoms with van der Waals surface area (Å²) < 4.78 is 15.9. The molecular weight excluding hydrogens is 486 g/mol. The van der Waals surface area contributed by atoms with Gasteiger partial charge in [-0.05, 0) is 60.7 Å². The molecule has 4 heteroatoms. The van der Waals surface area contributed by atoms with Crippen molar-refractivity contribution in [3.05, 3.63) is 102 Å². The van der Waals surface area contributed by atoms with Crippen LogP contribution >= 0.6 is 15.9 Å². The van der Waals surface area contributed by atoms with Crippen LogP contribution in [-0.2, 0) is 0 Å². The average molecular weight is 502 g/mol. The number of hydrogen-bond acceptors (Lipinski definition) is 2. The van der Waals surface area contributed by atoms with E-state index in [-0.39, 0.29) is 0 Å². The lowest BCUT2D eigenvalue weighted by Gasteiger charge is -2.07.